The van der Waals surface area contributed by atoms with Crippen LogP contribution in [0.1, 0.15) is 22.8 Å². The minimum Gasteiger partial charge on any atom is -0.497 e. The Morgan fingerprint density at radius 3 is 2.73 bits per heavy atom. The zero-order chi connectivity index (χ0) is 18.8. The smallest absolute Gasteiger partial charge is 0.259 e. The maximum atomic E-state index is 12.0. The van der Waals surface area contributed by atoms with E-state index in [0.717, 1.165) is 5.56 Å². The number of methoxy groups -OCH3 is 1. The van der Waals surface area contributed by atoms with E-state index in [0.29, 0.717) is 23.7 Å². The molecule has 26 heavy (non-hydrogen) atoms. The van der Waals surface area contributed by atoms with Gasteiger partial charge in [-0.15, -0.1) is 0 Å². The molecule has 0 heterocycles. The Kier molecular flexibility index (Phi) is 7.17. The van der Waals surface area contributed by atoms with Gasteiger partial charge in [-0.3, -0.25) is 9.59 Å². The molecule has 0 aliphatic heterocycles. The molecule has 0 spiro atoms. The number of hydrazone groups is 1. The monoisotopic (exact) mass is 355 g/mol. The number of rotatable bonds is 8. The topological polar surface area (TPSA) is 89.0 Å². The van der Waals surface area contributed by atoms with Crippen LogP contribution in [0.15, 0.2) is 53.6 Å². The minimum absolute atomic E-state index is 0.194. The van der Waals surface area contributed by atoms with E-state index in [1.165, 1.54) is 13.3 Å². The predicted octanol–water partition coefficient (Wildman–Crippen LogP) is 1.97. The van der Waals surface area contributed by atoms with Gasteiger partial charge in [0.05, 0.1) is 26.5 Å². The lowest BCUT2D eigenvalue weighted by Crippen LogP contribution is -2.34. The van der Waals surface area contributed by atoms with E-state index >= 15 is 0 Å². The highest BCUT2D eigenvalue weighted by atomic mass is 16.5. The molecule has 0 saturated carbocycles. The fraction of sp³-hybridized carbons (Fsp3) is 0.211. The second-order valence-corrected chi connectivity index (χ2v) is 5.18. The molecule has 2 aromatic carbocycles. The van der Waals surface area contributed by atoms with Crippen LogP contribution in [0, 0.1) is 0 Å². The van der Waals surface area contributed by atoms with Gasteiger partial charge >= 0.3 is 0 Å². The molecule has 2 amide bonds. The summed E-state index contributed by atoms with van der Waals surface area (Å²) in [4.78, 5) is 23.8. The lowest BCUT2D eigenvalue weighted by molar-refractivity contribution is -0.120. The van der Waals surface area contributed by atoms with Crippen LogP contribution in [0.3, 0.4) is 0 Å². The van der Waals surface area contributed by atoms with Crippen molar-refractivity contribution in [2.45, 2.75) is 6.92 Å². The molecule has 2 rings (SSSR count). The van der Waals surface area contributed by atoms with Crippen molar-refractivity contribution in [3.8, 4) is 11.5 Å². The van der Waals surface area contributed by atoms with Gasteiger partial charge in [-0.05, 0) is 37.3 Å². The average molecular weight is 355 g/mol. The molecule has 0 atom stereocenters. The fourth-order valence-electron chi connectivity index (χ4n) is 2.11. The summed E-state index contributed by atoms with van der Waals surface area (Å²) in [5.41, 5.74) is 3.52. The Morgan fingerprint density at radius 1 is 1.15 bits per heavy atom. The second-order valence-electron chi connectivity index (χ2n) is 5.18. The predicted molar refractivity (Wildman–Crippen MR) is 98.7 cm³/mol. The second kappa shape index (κ2) is 9.83. The van der Waals surface area contributed by atoms with E-state index in [1.807, 2.05) is 31.2 Å². The molecule has 7 nitrogen and oxygen atoms in total. The molecule has 0 bridgehead atoms. The first-order valence-electron chi connectivity index (χ1n) is 8.10. The fourth-order valence-corrected chi connectivity index (χ4v) is 2.11. The molecule has 0 aromatic heterocycles. The first kappa shape index (κ1) is 19.0. The van der Waals surface area contributed by atoms with Crippen molar-refractivity contribution in [2.24, 2.45) is 5.10 Å². The molecule has 0 radical (unpaired) electrons. The zero-order valence-electron chi connectivity index (χ0n) is 14.7. The number of hydrogen-bond donors (Lipinski definition) is 2. The molecule has 0 aliphatic carbocycles. The average Bonchev–Trinajstić information content (AvgIpc) is 2.67. The quantitative estimate of drug-likeness (QED) is 0.560. The maximum Gasteiger partial charge on any atom is 0.259 e. The van der Waals surface area contributed by atoms with Crippen LogP contribution in [-0.2, 0) is 4.79 Å². The Morgan fingerprint density at radius 2 is 1.96 bits per heavy atom. The Hall–Kier alpha value is -3.35. The Labute approximate surface area is 152 Å². The van der Waals surface area contributed by atoms with Crippen LogP contribution in [-0.4, -0.2) is 38.3 Å². The van der Waals surface area contributed by atoms with Gasteiger partial charge in [0.1, 0.15) is 11.5 Å². The first-order chi connectivity index (χ1) is 12.6. The van der Waals surface area contributed by atoms with Gasteiger partial charge in [0.2, 0.25) is 0 Å². The van der Waals surface area contributed by atoms with Crippen molar-refractivity contribution in [3.05, 3.63) is 59.7 Å². The molecular weight excluding hydrogens is 334 g/mol. The van der Waals surface area contributed by atoms with Gasteiger partial charge in [0.25, 0.3) is 11.8 Å². The van der Waals surface area contributed by atoms with Gasteiger partial charge in [0.15, 0.2) is 0 Å². The molecule has 0 aliphatic rings. The lowest BCUT2D eigenvalue weighted by Gasteiger charge is -2.07. The summed E-state index contributed by atoms with van der Waals surface area (Å²) in [6.07, 6.45) is 1.49. The number of hydrogen-bond acceptors (Lipinski definition) is 5. The number of nitrogens with one attached hydrogen (secondary N) is 2. The van der Waals surface area contributed by atoms with E-state index in [1.54, 1.807) is 24.3 Å². The van der Waals surface area contributed by atoms with Crippen LogP contribution in [0.4, 0.5) is 0 Å². The number of benzene rings is 2. The van der Waals surface area contributed by atoms with E-state index in [-0.39, 0.29) is 12.5 Å². The summed E-state index contributed by atoms with van der Waals surface area (Å²) in [7, 11) is 1.52. The summed E-state index contributed by atoms with van der Waals surface area (Å²) in [5, 5.41) is 6.41. The van der Waals surface area contributed by atoms with Crippen molar-refractivity contribution < 1.29 is 19.1 Å². The van der Waals surface area contributed by atoms with Gasteiger partial charge in [-0.2, -0.15) is 5.10 Å². The molecule has 7 heteroatoms. The summed E-state index contributed by atoms with van der Waals surface area (Å²) in [5.74, 6) is 0.440. The molecule has 0 fully saturated rings. The highest BCUT2D eigenvalue weighted by molar-refractivity contribution is 5.96. The summed E-state index contributed by atoms with van der Waals surface area (Å²) in [6, 6.07) is 14.0. The zero-order valence-corrected chi connectivity index (χ0v) is 14.7. The Balaban J connectivity index is 1.84. The largest absolute Gasteiger partial charge is 0.497 e. The maximum absolute atomic E-state index is 12.0. The molecule has 0 saturated heterocycles. The number of para-hydroxylation sites is 1. The number of carbonyl (C=O) groups excluding carboxylic acids is 2. The molecule has 136 valence electrons. The van der Waals surface area contributed by atoms with Crippen molar-refractivity contribution in [1.29, 1.82) is 0 Å². The van der Waals surface area contributed by atoms with Crippen LogP contribution >= 0.6 is 0 Å². The highest BCUT2D eigenvalue weighted by Gasteiger charge is 2.08. The van der Waals surface area contributed by atoms with Crippen molar-refractivity contribution in [2.75, 3.05) is 20.3 Å². The van der Waals surface area contributed by atoms with Crippen molar-refractivity contribution >= 4 is 18.0 Å². The summed E-state index contributed by atoms with van der Waals surface area (Å²) >= 11 is 0. The van der Waals surface area contributed by atoms with Gasteiger partial charge in [-0.1, -0.05) is 18.2 Å². The molecule has 2 aromatic rings. The first-order valence-corrected chi connectivity index (χ1v) is 8.10. The number of amides is 2. The Bertz CT molecular complexity index is 790. The normalized spacial score (nSPS) is 10.4. The third-order valence-electron chi connectivity index (χ3n) is 3.35. The lowest BCUT2D eigenvalue weighted by atomic mass is 10.2. The molecule has 0 unspecified atom stereocenters. The molecular formula is C19H21N3O4. The standard InChI is InChI=1S/C19H21N3O4/c1-3-26-17-10-5-4-7-15(17)12-21-22-18(23)13-20-19(24)14-8-6-9-16(11-14)25-2/h4-12H,3,13H2,1-2H3,(H,20,24)(H,22,23)/b21-12+. The number of ether oxygens (including phenoxy) is 2. The van der Waals surface area contributed by atoms with Crippen LogP contribution in [0.2, 0.25) is 0 Å². The highest BCUT2D eigenvalue weighted by Crippen LogP contribution is 2.15. The van der Waals surface area contributed by atoms with Crippen molar-refractivity contribution in [1.82, 2.24) is 10.7 Å². The molecule has 2 N–H and O–H groups in total. The third kappa shape index (κ3) is 5.62. The van der Waals surface area contributed by atoms with E-state index in [9.17, 15) is 9.59 Å². The van der Waals surface area contributed by atoms with Crippen molar-refractivity contribution in [3.63, 3.8) is 0 Å². The van der Waals surface area contributed by atoms with Gasteiger partial charge < -0.3 is 14.8 Å². The van der Waals surface area contributed by atoms with Gasteiger partial charge in [-0.25, -0.2) is 5.43 Å². The third-order valence-corrected chi connectivity index (χ3v) is 3.35. The number of nitrogens with zero attached hydrogens (tertiary/aromatic N) is 1. The summed E-state index contributed by atoms with van der Waals surface area (Å²) < 4.78 is 10.5. The van der Waals surface area contributed by atoms with E-state index < -0.39 is 5.91 Å². The number of carbonyl (C=O) groups is 2. The van der Waals surface area contributed by atoms with Crippen LogP contribution < -0.4 is 20.2 Å². The van der Waals surface area contributed by atoms with E-state index in [4.69, 9.17) is 9.47 Å². The van der Waals surface area contributed by atoms with Gasteiger partial charge in [0, 0.05) is 11.1 Å². The minimum atomic E-state index is -0.439. The van der Waals surface area contributed by atoms with E-state index in [2.05, 4.69) is 15.8 Å². The van der Waals surface area contributed by atoms with Crippen LogP contribution in [0.5, 0.6) is 11.5 Å². The SMILES string of the molecule is CCOc1ccccc1/C=N/NC(=O)CNC(=O)c1cccc(OC)c1. The summed E-state index contributed by atoms with van der Waals surface area (Å²) in [6.45, 7) is 2.23. The van der Waals surface area contributed by atoms with Crippen LogP contribution in [0.25, 0.3) is 0 Å².